The summed E-state index contributed by atoms with van der Waals surface area (Å²) in [5, 5.41) is 19.2. The van der Waals surface area contributed by atoms with Crippen molar-refractivity contribution in [2.45, 2.75) is 44.1 Å². The van der Waals surface area contributed by atoms with E-state index >= 15 is 0 Å². The van der Waals surface area contributed by atoms with Crippen LogP contribution in [0.3, 0.4) is 0 Å². The highest BCUT2D eigenvalue weighted by molar-refractivity contribution is 5.87. The van der Waals surface area contributed by atoms with Gasteiger partial charge in [-0.3, -0.25) is 4.57 Å². The minimum absolute atomic E-state index is 0.0699. The number of hydrogen-bond acceptors (Lipinski definition) is 3. The Kier molecular flexibility index (Phi) is 2.10. The molecule has 0 amide bonds. The minimum atomic E-state index is -1.15. The SMILES string of the molecule is O=C(O)c1ncn(C23CC4CC(CC(C4)C2)C3)c1O. The van der Waals surface area contributed by atoms with Crippen LogP contribution in [0.2, 0.25) is 0 Å². The van der Waals surface area contributed by atoms with Crippen molar-refractivity contribution < 1.29 is 15.0 Å². The Balaban J connectivity index is 1.77. The maximum Gasteiger partial charge on any atom is 0.360 e. The van der Waals surface area contributed by atoms with Crippen LogP contribution in [-0.2, 0) is 5.54 Å². The van der Waals surface area contributed by atoms with E-state index in [1.165, 1.54) is 25.6 Å². The number of rotatable bonds is 2. The Morgan fingerprint density at radius 1 is 1.21 bits per heavy atom. The van der Waals surface area contributed by atoms with Gasteiger partial charge in [-0.25, -0.2) is 9.78 Å². The summed E-state index contributed by atoms with van der Waals surface area (Å²) in [5.74, 6) is 0.944. The number of imidazole rings is 1. The second-order valence-electron chi connectivity index (χ2n) is 6.73. The average molecular weight is 262 g/mol. The third kappa shape index (κ3) is 1.47. The Bertz CT molecular complexity index is 514. The summed E-state index contributed by atoms with van der Waals surface area (Å²) in [7, 11) is 0. The first-order valence-electron chi connectivity index (χ1n) is 7.07. The van der Waals surface area contributed by atoms with Crippen molar-refractivity contribution in [2.24, 2.45) is 17.8 Å². The van der Waals surface area contributed by atoms with E-state index in [0.29, 0.717) is 0 Å². The highest BCUT2D eigenvalue weighted by atomic mass is 16.4. The normalized spacial score (nSPS) is 39.7. The lowest BCUT2D eigenvalue weighted by atomic mass is 9.53. The number of hydrogen-bond donors (Lipinski definition) is 2. The molecule has 102 valence electrons. The Hall–Kier alpha value is -1.52. The lowest BCUT2D eigenvalue weighted by Gasteiger charge is -2.57. The molecule has 4 fully saturated rings. The topological polar surface area (TPSA) is 75.3 Å². The molecule has 0 radical (unpaired) electrons. The Morgan fingerprint density at radius 3 is 2.16 bits per heavy atom. The van der Waals surface area contributed by atoms with Gasteiger partial charge in [-0.2, -0.15) is 0 Å². The van der Waals surface area contributed by atoms with Crippen molar-refractivity contribution in [3.05, 3.63) is 12.0 Å². The summed E-state index contributed by atoms with van der Waals surface area (Å²) in [6.07, 6.45) is 8.71. The number of carboxylic acid groups (broad SMARTS) is 1. The lowest BCUT2D eigenvalue weighted by molar-refractivity contribution is -0.0459. The monoisotopic (exact) mass is 262 g/mol. The van der Waals surface area contributed by atoms with Gasteiger partial charge in [0.05, 0.1) is 6.33 Å². The van der Waals surface area contributed by atoms with Crippen LogP contribution in [0.4, 0.5) is 0 Å². The van der Waals surface area contributed by atoms with Crippen LogP contribution in [0.1, 0.15) is 49.0 Å². The predicted molar refractivity (Wildman–Crippen MR) is 67.0 cm³/mol. The number of aromatic nitrogens is 2. The zero-order valence-electron chi connectivity index (χ0n) is 10.7. The average Bonchev–Trinajstić information content (AvgIpc) is 2.69. The molecule has 5 nitrogen and oxygen atoms in total. The van der Waals surface area contributed by atoms with E-state index in [4.69, 9.17) is 5.11 Å². The van der Waals surface area contributed by atoms with Gasteiger partial charge in [0.25, 0.3) is 0 Å². The highest BCUT2D eigenvalue weighted by Crippen LogP contribution is 2.59. The van der Waals surface area contributed by atoms with E-state index in [2.05, 4.69) is 4.98 Å². The van der Waals surface area contributed by atoms with E-state index in [-0.39, 0.29) is 17.1 Å². The van der Waals surface area contributed by atoms with Gasteiger partial charge in [0, 0.05) is 5.54 Å². The van der Waals surface area contributed by atoms with Crippen LogP contribution < -0.4 is 0 Å². The summed E-state index contributed by atoms with van der Waals surface area (Å²) in [5.41, 5.74) is -0.282. The summed E-state index contributed by atoms with van der Waals surface area (Å²) in [4.78, 5) is 14.9. The van der Waals surface area contributed by atoms with E-state index < -0.39 is 5.97 Å². The van der Waals surface area contributed by atoms with Crippen molar-refractivity contribution in [3.63, 3.8) is 0 Å². The van der Waals surface area contributed by atoms with Gasteiger partial charge in [-0.05, 0) is 56.3 Å². The van der Waals surface area contributed by atoms with Crippen molar-refractivity contribution in [2.75, 3.05) is 0 Å². The fourth-order valence-electron chi connectivity index (χ4n) is 5.20. The first kappa shape index (κ1) is 11.3. The van der Waals surface area contributed by atoms with Gasteiger partial charge in [0.2, 0.25) is 11.6 Å². The van der Waals surface area contributed by atoms with Crippen LogP contribution in [0, 0.1) is 17.8 Å². The molecule has 0 spiro atoms. The molecule has 2 N–H and O–H groups in total. The second kappa shape index (κ2) is 3.52. The van der Waals surface area contributed by atoms with Crippen molar-refractivity contribution in [3.8, 4) is 5.88 Å². The molecule has 19 heavy (non-hydrogen) atoms. The Morgan fingerprint density at radius 2 is 1.74 bits per heavy atom. The number of nitrogens with zero attached hydrogens (tertiary/aromatic N) is 2. The zero-order chi connectivity index (χ0) is 13.2. The van der Waals surface area contributed by atoms with E-state index in [1.807, 2.05) is 0 Å². The maximum absolute atomic E-state index is 11.0. The van der Waals surface area contributed by atoms with Crippen molar-refractivity contribution in [1.29, 1.82) is 0 Å². The van der Waals surface area contributed by atoms with Gasteiger partial charge in [-0.15, -0.1) is 0 Å². The standard InChI is InChI=1S/C14H18N2O3/c17-12-11(13(18)19)15-7-16(12)14-4-8-1-9(5-14)3-10(2-8)6-14/h7-10,17H,1-6H2,(H,18,19). The zero-order valence-corrected chi connectivity index (χ0v) is 10.7. The van der Waals surface area contributed by atoms with E-state index in [0.717, 1.165) is 37.0 Å². The molecule has 0 aliphatic heterocycles. The molecule has 1 aromatic heterocycles. The van der Waals surface area contributed by atoms with E-state index in [9.17, 15) is 9.90 Å². The van der Waals surface area contributed by atoms with Crippen molar-refractivity contribution in [1.82, 2.24) is 9.55 Å². The van der Waals surface area contributed by atoms with Crippen LogP contribution in [0.5, 0.6) is 5.88 Å². The molecule has 0 unspecified atom stereocenters. The van der Waals surface area contributed by atoms with Gasteiger partial charge < -0.3 is 10.2 Å². The Labute approximate surface area is 111 Å². The third-order valence-electron chi connectivity index (χ3n) is 5.46. The highest BCUT2D eigenvalue weighted by Gasteiger charge is 2.52. The van der Waals surface area contributed by atoms with Crippen LogP contribution in [-0.4, -0.2) is 25.7 Å². The molecule has 5 rings (SSSR count). The molecular weight excluding hydrogens is 244 g/mol. The lowest BCUT2D eigenvalue weighted by Crippen LogP contribution is -2.51. The third-order valence-corrected chi connectivity index (χ3v) is 5.46. The number of aromatic hydroxyl groups is 1. The largest absolute Gasteiger partial charge is 0.493 e. The summed E-state index contributed by atoms with van der Waals surface area (Å²) < 4.78 is 1.76. The molecule has 0 atom stereocenters. The van der Waals surface area contributed by atoms with Gasteiger partial charge in [0.15, 0.2) is 0 Å². The second-order valence-corrected chi connectivity index (χ2v) is 6.73. The summed E-state index contributed by atoms with van der Waals surface area (Å²) in [6.45, 7) is 0. The molecule has 1 aromatic rings. The van der Waals surface area contributed by atoms with Gasteiger partial charge in [-0.1, -0.05) is 0 Å². The molecule has 4 bridgehead atoms. The first-order chi connectivity index (χ1) is 9.07. The molecule has 0 aromatic carbocycles. The van der Waals surface area contributed by atoms with E-state index in [1.54, 1.807) is 4.57 Å². The molecule has 5 heteroatoms. The quantitative estimate of drug-likeness (QED) is 0.856. The smallest absolute Gasteiger partial charge is 0.360 e. The molecule has 1 heterocycles. The molecule has 4 aliphatic carbocycles. The number of aromatic carboxylic acids is 1. The fourth-order valence-corrected chi connectivity index (χ4v) is 5.20. The molecule has 4 aliphatic rings. The van der Waals surface area contributed by atoms with Crippen LogP contribution in [0.25, 0.3) is 0 Å². The van der Waals surface area contributed by atoms with Crippen molar-refractivity contribution >= 4 is 5.97 Å². The summed E-state index contributed by atoms with van der Waals surface area (Å²) >= 11 is 0. The first-order valence-corrected chi connectivity index (χ1v) is 7.07. The predicted octanol–water partition coefficient (Wildman–Crippen LogP) is 2.21. The number of carboxylic acids is 1. The molecular formula is C14H18N2O3. The van der Waals surface area contributed by atoms with Crippen LogP contribution >= 0.6 is 0 Å². The van der Waals surface area contributed by atoms with Gasteiger partial charge >= 0.3 is 5.97 Å². The number of carbonyl (C=O) groups is 1. The fraction of sp³-hybridized carbons (Fsp3) is 0.714. The van der Waals surface area contributed by atoms with Crippen LogP contribution in [0.15, 0.2) is 6.33 Å². The summed E-state index contributed by atoms with van der Waals surface area (Å²) in [6, 6.07) is 0. The maximum atomic E-state index is 11.0. The molecule has 4 saturated carbocycles. The van der Waals surface area contributed by atoms with Gasteiger partial charge in [0.1, 0.15) is 0 Å². The minimum Gasteiger partial charge on any atom is -0.493 e. The molecule has 0 saturated heterocycles.